The quantitative estimate of drug-likeness (QED) is 0.450. The maximum Gasteiger partial charge on any atom is 0.103 e. The van der Waals surface area contributed by atoms with E-state index < -0.39 is 0 Å². The summed E-state index contributed by atoms with van der Waals surface area (Å²) in [6.07, 6.45) is 2.52. The first-order valence-corrected chi connectivity index (χ1v) is 3.90. The third-order valence-electron chi connectivity index (χ3n) is 1.13. The van der Waals surface area contributed by atoms with Crippen molar-refractivity contribution in [1.29, 1.82) is 0 Å². The van der Waals surface area contributed by atoms with Crippen molar-refractivity contribution in [1.82, 2.24) is 0 Å². The number of alkyl halides is 1. The molecular weight excluding hydrogens is 172 g/mol. The van der Waals surface area contributed by atoms with Crippen LogP contribution in [0.1, 0.15) is 12.8 Å². The highest BCUT2D eigenvalue weighted by Crippen LogP contribution is 2.11. The van der Waals surface area contributed by atoms with Gasteiger partial charge in [-0.3, -0.25) is 0 Å². The van der Waals surface area contributed by atoms with Crippen LogP contribution in [0.3, 0.4) is 0 Å². The van der Waals surface area contributed by atoms with Gasteiger partial charge in [-0.2, -0.15) is 0 Å². The van der Waals surface area contributed by atoms with Gasteiger partial charge in [-0.25, -0.2) is 9.78 Å². The minimum Gasteiger partial charge on any atom is -0.236 e. The van der Waals surface area contributed by atoms with Crippen LogP contribution in [0.5, 0.6) is 0 Å². The molecule has 1 aliphatic heterocycles. The van der Waals surface area contributed by atoms with Crippen molar-refractivity contribution < 1.29 is 9.78 Å². The predicted octanol–water partition coefficient (Wildman–Crippen LogP) is 1.49. The summed E-state index contributed by atoms with van der Waals surface area (Å²) >= 11 is 3.31. The molecule has 0 amide bonds. The maximum absolute atomic E-state index is 4.88. The molecule has 0 bridgehead atoms. The normalized spacial score (nSPS) is 30.4. The van der Waals surface area contributed by atoms with Crippen molar-refractivity contribution in [2.75, 3.05) is 11.9 Å². The van der Waals surface area contributed by atoms with E-state index in [9.17, 15) is 0 Å². The lowest BCUT2D eigenvalue weighted by molar-refractivity contribution is -0.339. The number of rotatable bonds is 1. The number of hydrogen-bond donors (Lipinski definition) is 0. The Kier molecular flexibility index (Phi) is 2.80. The molecule has 8 heavy (non-hydrogen) atoms. The van der Waals surface area contributed by atoms with Gasteiger partial charge in [0, 0.05) is 5.33 Å². The van der Waals surface area contributed by atoms with Crippen molar-refractivity contribution in [3.05, 3.63) is 0 Å². The largest absolute Gasteiger partial charge is 0.236 e. The summed E-state index contributed by atoms with van der Waals surface area (Å²) in [6, 6.07) is 0. The van der Waals surface area contributed by atoms with Crippen molar-refractivity contribution in [3.8, 4) is 0 Å². The molecule has 1 aliphatic rings. The summed E-state index contributed by atoms with van der Waals surface area (Å²) in [4.78, 5) is 9.62. The average Bonchev–Trinajstić information content (AvgIpc) is 1.90. The fraction of sp³-hybridized carbons (Fsp3) is 1.00. The minimum absolute atomic E-state index is 0.281. The van der Waals surface area contributed by atoms with Crippen molar-refractivity contribution >= 4 is 15.9 Å². The highest BCUT2D eigenvalue weighted by molar-refractivity contribution is 9.09. The molecule has 0 aromatic carbocycles. The predicted molar refractivity (Wildman–Crippen MR) is 33.9 cm³/mol. The molecule has 1 atom stereocenters. The highest BCUT2D eigenvalue weighted by atomic mass is 79.9. The van der Waals surface area contributed by atoms with E-state index in [1.54, 1.807) is 0 Å². The summed E-state index contributed by atoms with van der Waals surface area (Å²) in [6.45, 7) is 0.753. The van der Waals surface area contributed by atoms with Crippen LogP contribution in [0.25, 0.3) is 0 Å². The van der Waals surface area contributed by atoms with Crippen LogP contribution in [-0.4, -0.2) is 18.0 Å². The molecule has 0 N–H and O–H groups in total. The van der Waals surface area contributed by atoms with Crippen LogP contribution >= 0.6 is 15.9 Å². The maximum atomic E-state index is 4.88. The standard InChI is InChI=1S/C5H9BrO2/c6-4-5-2-1-3-7-8-5/h5H,1-4H2. The smallest absolute Gasteiger partial charge is 0.103 e. The van der Waals surface area contributed by atoms with Gasteiger partial charge in [0.15, 0.2) is 0 Å². The molecule has 1 rings (SSSR count). The van der Waals surface area contributed by atoms with Crippen LogP contribution in [-0.2, 0) is 9.78 Å². The first-order valence-electron chi connectivity index (χ1n) is 2.77. The third kappa shape index (κ3) is 1.73. The van der Waals surface area contributed by atoms with E-state index in [2.05, 4.69) is 15.9 Å². The lowest BCUT2D eigenvalue weighted by atomic mass is 10.2. The molecular formula is C5H9BrO2. The van der Waals surface area contributed by atoms with Gasteiger partial charge < -0.3 is 0 Å². The Morgan fingerprint density at radius 2 is 2.50 bits per heavy atom. The van der Waals surface area contributed by atoms with Gasteiger partial charge in [0.1, 0.15) is 6.10 Å². The van der Waals surface area contributed by atoms with Gasteiger partial charge in [-0.05, 0) is 12.8 Å². The second-order valence-electron chi connectivity index (χ2n) is 1.84. The van der Waals surface area contributed by atoms with Gasteiger partial charge in [0.2, 0.25) is 0 Å². The van der Waals surface area contributed by atoms with Crippen LogP contribution in [0.15, 0.2) is 0 Å². The Balaban J connectivity index is 2.13. The highest BCUT2D eigenvalue weighted by Gasteiger charge is 2.12. The minimum atomic E-state index is 0.281. The lowest BCUT2D eigenvalue weighted by Crippen LogP contribution is -2.20. The molecule has 0 spiro atoms. The first-order chi connectivity index (χ1) is 3.93. The van der Waals surface area contributed by atoms with E-state index in [-0.39, 0.29) is 6.10 Å². The van der Waals surface area contributed by atoms with E-state index in [1.807, 2.05) is 0 Å². The average molecular weight is 181 g/mol. The number of hydrogen-bond acceptors (Lipinski definition) is 2. The van der Waals surface area contributed by atoms with Crippen molar-refractivity contribution in [2.24, 2.45) is 0 Å². The molecule has 3 heteroatoms. The first kappa shape index (κ1) is 6.52. The Hall–Kier alpha value is 0.400. The van der Waals surface area contributed by atoms with E-state index in [0.717, 1.165) is 24.8 Å². The summed E-state index contributed by atoms with van der Waals surface area (Å²) in [5.74, 6) is 0. The second kappa shape index (κ2) is 3.43. The molecule has 48 valence electrons. The summed E-state index contributed by atoms with van der Waals surface area (Å²) in [5.41, 5.74) is 0. The molecule has 0 saturated carbocycles. The SMILES string of the molecule is BrCC1CCCOO1. The summed E-state index contributed by atoms with van der Waals surface area (Å²) in [5, 5.41) is 0.882. The zero-order valence-electron chi connectivity index (χ0n) is 4.60. The zero-order valence-corrected chi connectivity index (χ0v) is 6.19. The lowest BCUT2D eigenvalue weighted by Gasteiger charge is -2.18. The van der Waals surface area contributed by atoms with Gasteiger partial charge >= 0.3 is 0 Å². The van der Waals surface area contributed by atoms with E-state index >= 15 is 0 Å². The topological polar surface area (TPSA) is 18.5 Å². The fourth-order valence-electron chi connectivity index (χ4n) is 0.665. The molecule has 0 radical (unpaired) electrons. The molecule has 1 heterocycles. The molecule has 2 nitrogen and oxygen atoms in total. The van der Waals surface area contributed by atoms with Gasteiger partial charge in [-0.15, -0.1) is 0 Å². The Bertz CT molecular complexity index is 61.4. The molecule has 1 saturated heterocycles. The van der Waals surface area contributed by atoms with Gasteiger partial charge in [-0.1, -0.05) is 15.9 Å². The van der Waals surface area contributed by atoms with Gasteiger partial charge in [0.05, 0.1) is 6.61 Å². The fourth-order valence-corrected chi connectivity index (χ4v) is 1.10. The zero-order chi connectivity index (χ0) is 5.82. The number of halogens is 1. The van der Waals surface area contributed by atoms with Crippen molar-refractivity contribution in [2.45, 2.75) is 18.9 Å². The monoisotopic (exact) mass is 180 g/mol. The van der Waals surface area contributed by atoms with Crippen LogP contribution in [0, 0.1) is 0 Å². The summed E-state index contributed by atoms with van der Waals surface area (Å²) < 4.78 is 0. The Morgan fingerprint density at radius 1 is 1.62 bits per heavy atom. The van der Waals surface area contributed by atoms with Crippen LogP contribution in [0.4, 0.5) is 0 Å². The van der Waals surface area contributed by atoms with Crippen molar-refractivity contribution in [3.63, 3.8) is 0 Å². The molecule has 1 unspecified atom stereocenters. The Labute approximate surface area is 57.2 Å². The van der Waals surface area contributed by atoms with Crippen LogP contribution < -0.4 is 0 Å². The summed E-state index contributed by atoms with van der Waals surface area (Å²) in [7, 11) is 0. The third-order valence-corrected chi connectivity index (χ3v) is 1.85. The second-order valence-corrected chi connectivity index (χ2v) is 2.48. The van der Waals surface area contributed by atoms with Gasteiger partial charge in [0.25, 0.3) is 0 Å². The molecule has 0 aromatic heterocycles. The molecule has 0 aliphatic carbocycles. The molecule has 1 fully saturated rings. The van der Waals surface area contributed by atoms with E-state index in [1.165, 1.54) is 0 Å². The van der Waals surface area contributed by atoms with E-state index in [0.29, 0.717) is 0 Å². The Morgan fingerprint density at radius 3 is 2.88 bits per heavy atom. The molecule has 0 aromatic rings. The van der Waals surface area contributed by atoms with E-state index in [4.69, 9.17) is 9.78 Å². The van der Waals surface area contributed by atoms with Crippen LogP contribution in [0.2, 0.25) is 0 Å².